The molecule has 4 nitrogen and oxygen atoms in total. The normalized spacial score (nSPS) is 24.5. The van der Waals surface area contributed by atoms with Crippen molar-refractivity contribution in [1.29, 1.82) is 0 Å². The quantitative estimate of drug-likeness (QED) is 0.412. The number of hydrogen-bond acceptors (Lipinski definition) is 2. The molecule has 1 unspecified atom stereocenters. The SMILES string of the molecule is CCNC(=NCC1CCN(c2ccccc2)C1)N1CCC2(CCC2)C1.I. The summed E-state index contributed by atoms with van der Waals surface area (Å²) in [5.74, 6) is 1.83. The van der Waals surface area contributed by atoms with Gasteiger partial charge in [-0.05, 0) is 56.1 Å². The number of guanidine groups is 1. The van der Waals surface area contributed by atoms with E-state index in [1.807, 2.05) is 0 Å². The summed E-state index contributed by atoms with van der Waals surface area (Å²) in [7, 11) is 0. The Morgan fingerprint density at radius 3 is 2.65 bits per heavy atom. The Bertz CT molecular complexity index is 599. The van der Waals surface area contributed by atoms with E-state index in [-0.39, 0.29) is 24.0 Å². The van der Waals surface area contributed by atoms with E-state index in [2.05, 4.69) is 52.4 Å². The van der Waals surface area contributed by atoms with E-state index in [4.69, 9.17) is 4.99 Å². The van der Waals surface area contributed by atoms with Crippen LogP contribution in [0.25, 0.3) is 0 Å². The maximum atomic E-state index is 5.03. The molecule has 4 rings (SSSR count). The van der Waals surface area contributed by atoms with Crippen LogP contribution in [0.4, 0.5) is 5.69 Å². The number of likely N-dealkylation sites (tertiary alicyclic amines) is 1. The fourth-order valence-corrected chi connectivity index (χ4v) is 4.70. The maximum Gasteiger partial charge on any atom is 0.193 e. The molecule has 1 aromatic carbocycles. The molecular formula is C21H33IN4. The standard InChI is InChI=1S/C21H32N4.HI/c1-2-22-20(25-14-12-21(17-25)10-6-11-21)23-15-18-9-13-24(16-18)19-7-4-3-5-8-19;/h3-5,7-8,18H,2,6,9-17H2,1H3,(H,22,23);1H. The van der Waals surface area contributed by atoms with Gasteiger partial charge >= 0.3 is 0 Å². The van der Waals surface area contributed by atoms with Crippen molar-refractivity contribution in [2.45, 2.75) is 39.0 Å². The van der Waals surface area contributed by atoms with Gasteiger partial charge in [0, 0.05) is 45.0 Å². The Hall–Kier alpha value is -0.980. The molecule has 1 atom stereocenters. The van der Waals surface area contributed by atoms with E-state index in [1.54, 1.807) is 0 Å². The molecule has 1 aromatic rings. The Kier molecular flexibility index (Phi) is 6.70. The molecule has 2 heterocycles. The summed E-state index contributed by atoms with van der Waals surface area (Å²) in [5, 5.41) is 3.54. The van der Waals surface area contributed by atoms with Gasteiger partial charge in [0.05, 0.1) is 0 Å². The van der Waals surface area contributed by atoms with Gasteiger partial charge in [-0.25, -0.2) is 0 Å². The monoisotopic (exact) mass is 468 g/mol. The molecule has 3 fully saturated rings. The number of rotatable bonds is 4. The average Bonchev–Trinajstić information content (AvgIpc) is 3.26. The number of benzene rings is 1. The third kappa shape index (κ3) is 4.29. The zero-order chi connectivity index (χ0) is 17.1. The zero-order valence-electron chi connectivity index (χ0n) is 16.0. The molecule has 0 aromatic heterocycles. The molecule has 1 saturated carbocycles. The average molecular weight is 468 g/mol. The summed E-state index contributed by atoms with van der Waals surface area (Å²) in [6, 6.07) is 10.8. The van der Waals surface area contributed by atoms with Gasteiger partial charge in [0.15, 0.2) is 5.96 Å². The molecule has 0 bridgehead atoms. The van der Waals surface area contributed by atoms with Gasteiger partial charge in [-0.2, -0.15) is 0 Å². The van der Waals surface area contributed by atoms with Crippen LogP contribution in [0.3, 0.4) is 0 Å². The second-order valence-corrected chi connectivity index (χ2v) is 8.16. The van der Waals surface area contributed by atoms with Gasteiger partial charge in [-0.15, -0.1) is 24.0 Å². The number of anilines is 1. The summed E-state index contributed by atoms with van der Waals surface area (Å²) in [4.78, 5) is 10.1. The largest absolute Gasteiger partial charge is 0.371 e. The fraction of sp³-hybridized carbons (Fsp3) is 0.667. The summed E-state index contributed by atoms with van der Waals surface area (Å²) in [5.41, 5.74) is 1.99. The smallest absolute Gasteiger partial charge is 0.193 e. The summed E-state index contributed by atoms with van der Waals surface area (Å²) in [6.07, 6.45) is 6.90. The van der Waals surface area contributed by atoms with Crippen LogP contribution in [0.5, 0.6) is 0 Å². The van der Waals surface area contributed by atoms with Crippen LogP contribution in [0.2, 0.25) is 0 Å². The number of para-hydroxylation sites is 1. The van der Waals surface area contributed by atoms with Gasteiger partial charge in [-0.3, -0.25) is 4.99 Å². The molecule has 26 heavy (non-hydrogen) atoms. The highest BCUT2D eigenvalue weighted by molar-refractivity contribution is 14.0. The first-order valence-corrected chi connectivity index (χ1v) is 10.1. The Morgan fingerprint density at radius 2 is 2.00 bits per heavy atom. The molecular weight excluding hydrogens is 435 g/mol. The van der Waals surface area contributed by atoms with Crippen molar-refractivity contribution < 1.29 is 0 Å². The molecule has 0 amide bonds. The highest BCUT2D eigenvalue weighted by atomic mass is 127. The predicted octanol–water partition coefficient (Wildman–Crippen LogP) is 3.97. The number of aliphatic imine (C=N–C) groups is 1. The third-order valence-corrected chi connectivity index (χ3v) is 6.39. The number of nitrogens with one attached hydrogen (secondary N) is 1. The Balaban J connectivity index is 0.00000196. The van der Waals surface area contributed by atoms with Crippen molar-refractivity contribution in [2.24, 2.45) is 16.3 Å². The first-order valence-electron chi connectivity index (χ1n) is 10.1. The lowest BCUT2D eigenvalue weighted by molar-refractivity contribution is 0.151. The van der Waals surface area contributed by atoms with Gasteiger partial charge in [-0.1, -0.05) is 24.6 Å². The van der Waals surface area contributed by atoms with Crippen molar-refractivity contribution in [3.8, 4) is 0 Å². The van der Waals surface area contributed by atoms with Gasteiger partial charge in [0.2, 0.25) is 0 Å². The highest BCUT2D eigenvalue weighted by Gasteiger charge is 2.43. The van der Waals surface area contributed by atoms with Gasteiger partial charge < -0.3 is 15.1 Å². The summed E-state index contributed by atoms with van der Waals surface area (Å²) >= 11 is 0. The van der Waals surface area contributed by atoms with E-state index in [1.165, 1.54) is 50.9 Å². The number of nitrogens with zero attached hydrogens (tertiary/aromatic N) is 3. The van der Waals surface area contributed by atoms with Crippen LogP contribution in [-0.4, -0.2) is 50.1 Å². The molecule has 0 radical (unpaired) electrons. The van der Waals surface area contributed by atoms with E-state index < -0.39 is 0 Å². The lowest BCUT2D eigenvalue weighted by Crippen LogP contribution is -2.42. The van der Waals surface area contributed by atoms with Gasteiger partial charge in [0.1, 0.15) is 0 Å². The second kappa shape index (κ2) is 8.81. The number of halogens is 1. The fourth-order valence-electron chi connectivity index (χ4n) is 4.70. The minimum atomic E-state index is 0. The third-order valence-electron chi connectivity index (χ3n) is 6.39. The zero-order valence-corrected chi connectivity index (χ0v) is 18.3. The topological polar surface area (TPSA) is 30.9 Å². The van der Waals surface area contributed by atoms with Crippen LogP contribution in [0.1, 0.15) is 39.0 Å². The molecule has 2 aliphatic heterocycles. The van der Waals surface area contributed by atoms with Crippen LogP contribution < -0.4 is 10.2 Å². The summed E-state index contributed by atoms with van der Waals surface area (Å²) < 4.78 is 0. The molecule has 1 N–H and O–H groups in total. The highest BCUT2D eigenvalue weighted by Crippen LogP contribution is 2.47. The van der Waals surface area contributed by atoms with Gasteiger partial charge in [0.25, 0.3) is 0 Å². The molecule has 3 aliphatic rings. The van der Waals surface area contributed by atoms with Crippen molar-refractivity contribution in [2.75, 3.05) is 44.2 Å². The second-order valence-electron chi connectivity index (χ2n) is 8.16. The van der Waals surface area contributed by atoms with Crippen molar-refractivity contribution >= 4 is 35.6 Å². The van der Waals surface area contributed by atoms with Crippen molar-refractivity contribution in [1.82, 2.24) is 10.2 Å². The van der Waals surface area contributed by atoms with E-state index in [0.29, 0.717) is 11.3 Å². The van der Waals surface area contributed by atoms with Crippen molar-refractivity contribution in [3.05, 3.63) is 30.3 Å². The minimum Gasteiger partial charge on any atom is -0.371 e. The first-order chi connectivity index (χ1) is 12.3. The van der Waals surface area contributed by atoms with Crippen LogP contribution in [-0.2, 0) is 0 Å². The Labute approximate surface area is 175 Å². The predicted molar refractivity (Wildman–Crippen MR) is 121 cm³/mol. The van der Waals surface area contributed by atoms with E-state index in [9.17, 15) is 0 Å². The minimum absolute atomic E-state index is 0. The van der Waals surface area contributed by atoms with E-state index in [0.717, 1.165) is 32.1 Å². The first kappa shape index (κ1) is 19.8. The van der Waals surface area contributed by atoms with E-state index >= 15 is 0 Å². The lowest BCUT2D eigenvalue weighted by Gasteiger charge is -2.38. The molecule has 5 heteroatoms. The Morgan fingerprint density at radius 1 is 1.19 bits per heavy atom. The van der Waals surface area contributed by atoms with Crippen LogP contribution in [0, 0.1) is 11.3 Å². The molecule has 1 spiro atoms. The maximum absolute atomic E-state index is 5.03. The number of hydrogen-bond donors (Lipinski definition) is 1. The van der Waals surface area contributed by atoms with Crippen molar-refractivity contribution in [3.63, 3.8) is 0 Å². The molecule has 144 valence electrons. The summed E-state index contributed by atoms with van der Waals surface area (Å²) in [6.45, 7) is 8.80. The lowest BCUT2D eigenvalue weighted by atomic mass is 9.68. The molecule has 2 saturated heterocycles. The van der Waals surface area contributed by atoms with Crippen LogP contribution >= 0.6 is 24.0 Å². The molecule has 1 aliphatic carbocycles. The van der Waals surface area contributed by atoms with Crippen LogP contribution in [0.15, 0.2) is 35.3 Å².